The fourth-order valence-electron chi connectivity index (χ4n) is 1.81. The SMILES string of the molecule is CC(C)C.CC(C)c1cccc(-c2cncc(C(N)=O)c2)c1. The summed E-state index contributed by atoms with van der Waals surface area (Å²) in [6, 6.07) is 10.0. The molecule has 0 aliphatic rings. The highest BCUT2D eigenvalue weighted by molar-refractivity contribution is 5.93. The molecule has 0 atom stereocenters. The van der Waals surface area contributed by atoms with E-state index in [9.17, 15) is 4.79 Å². The molecule has 1 aromatic carbocycles. The van der Waals surface area contributed by atoms with Crippen molar-refractivity contribution in [3.63, 3.8) is 0 Å². The monoisotopic (exact) mass is 298 g/mol. The number of amides is 1. The molecule has 22 heavy (non-hydrogen) atoms. The van der Waals surface area contributed by atoms with Gasteiger partial charge in [-0.25, -0.2) is 0 Å². The predicted octanol–water partition coefficient (Wildman–Crippen LogP) is 4.63. The fourth-order valence-corrected chi connectivity index (χ4v) is 1.81. The maximum Gasteiger partial charge on any atom is 0.250 e. The van der Waals surface area contributed by atoms with Crippen LogP contribution < -0.4 is 5.73 Å². The lowest BCUT2D eigenvalue weighted by molar-refractivity contribution is 0.1000. The fraction of sp³-hybridized carbons (Fsp3) is 0.368. The minimum absolute atomic E-state index is 0.433. The van der Waals surface area contributed by atoms with Gasteiger partial charge in [0.05, 0.1) is 5.56 Å². The standard InChI is InChI=1S/C15H16N2O.C4H10/c1-10(2)11-4-3-5-12(6-11)13-7-14(15(16)18)9-17-8-13;1-4(2)3/h3-10H,1-2H3,(H2,16,18);4H,1-3H3. The first-order valence-corrected chi connectivity index (χ1v) is 7.66. The average Bonchev–Trinajstić information content (AvgIpc) is 2.47. The molecule has 118 valence electrons. The Morgan fingerprint density at radius 3 is 2.18 bits per heavy atom. The highest BCUT2D eigenvalue weighted by atomic mass is 16.1. The third-order valence-corrected chi connectivity index (χ3v) is 2.91. The maximum absolute atomic E-state index is 11.1. The van der Waals surface area contributed by atoms with Crippen molar-refractivity contribution < 1.29 is 4.79 Å². The van der Waals surface area contributed by atoms with E-state index in [1.807, 2.05) is 12.1 Å². The van der Waals surface area contributed by atoms with Gasteiger partial charge in [0.2, 0.25) is 5.91 Å². The minimum Gasteiger partial charge on any atom is -0.366 e. The molecular weight excluding hydrogens is 272 g/mol. The Labute approximate surface area is 133 Å². The van der Waals surface area contributed by atoms with E-state index in [1.54, 1.807) is 12.3 Å². The zero-order chi connectivity index (χ0) is 16.7. The summed E-state index contributed by atoms with van der Waals surface area (Å²) in [6.45, 7) is 10.8. The molecule has 0 aliphatic carbocycles. The topological polar surface area (TPSA) is 56.0 Å². The number of pyridine rings is 1. The largest absolute Gasteiger partial charge is 0.366 e. The Kier molecular flexibility index (Phi) is 6.77. The second-order valence-corrected chi connectivity index (χ2v) is 6.34. The second-order valence-electron chi connectivity index (χ2n) is 6.34. The van der Waals surface area contributed by atoms with Crippen LogP contribution in [0.15, 0.2) is 42.7 Å². The third kappa shape index (κ3) is 5.68. The molecule has 1 heterocycles. The van der Waals surface area contributed by atoms with Gasteiger partial charge in [-0.1, -0.05) is 58.9 Å². The van der Waals surface area contributed by atoms with Crippen LogP contribution in [0.2, 0.25) is 0 Å². The number of hydrogen-bond donors (Lipinski definition) is 1. The molecule has 0 fully saturated rings. The summed E-state index contributed by atoms with van der Waals surface area (Å²) in [6.07, 6.45) is 3.23. The van der Waals surface area contributed by atoms with E-state index in [0.29, 0.717) is 11.5 Å². The van der Waals surface area contributed by atoms with Gasteiger partial charge in [0, 0.05) is 18.0 Å². The van der Waals surface area contributed by atoms with E-state index >= 15 is 0 Å². The number of nitrogens with zero attached hydrogens (tertiary/aromatic N) is 1. The van der Waals surface area contributed by atoms with Crippen LogP contribution in [0.1, 0.15) is 56.5 Å². The van der Waals surface area contributed by atoms with Crippen molar-refractivity contribution in [1.82, 2.24) is 4.98 Å². The second kappa shape index (κ2) is 8.32. The van der Waals surface area contributed by atoms with Crippen molar-refractivity contribution in [2.75, 3.05) is 0 Å². The summed E-state index contributed by atoms with van der Waals surface area (Å²) in [5.41, 5.74) is 8.92. The molecule has 3 heteroatoms. The number of hydrogen-bond acceptors (Lipinski definition) is 2. The van der Waals surface area contributed by atoms with E-state index in [0.717, 1.165) is 17.0 Å². The van der Waals surface area contributed by atoms with Gasteiger partial charge >= 0.3 is 0 Å². The van der Waals surface area contributed by atoms with Crippen LogP contribution in [0.5, 0.6) is 0 Å². The smallest absolute Gasteiger partial charge is 0.250 e. The molecule has 0 spiro atoms. The van der Waals surface area contributed by atoms with Crippen LogP contribution in [0.25, 0.3) is 11.1 Å². The summed E-state index contributed by atoms with van der Waals surface area (Å²) >= 11 is 0. The summed E-state index contributed by atoms with van der Waals surface area (Å²) < 4.78 is 0. The molecule has 0 aliphatic heterocycles. The van der Waals surface area contributed by atoms with Gasteiger partial charge in [0.25, 0.3) is 0 Å². The molecule has 0 saturated heterocycles. The number of nitrogens with two attached hydrogens (primary N) is 1. The first-order valence-electron chi connectivity index (χ1n) is 7.66. The van der Waals surface area contributed by atoms with Crippen molar-refractivity contribution >= 4 is 5.91 Å². The highest BCUT2D eigenvalue weighted by Crippen LogP contribution is 2.23. The molecule has 2 N–H and O–H groups in total. The van der Waals surface area contributed by atoms with Gasteiger partial charge in [-0.3, -0.25) is 9.78 Å². The van der Waals surface area contributed by atoms with Crippen molar-refractivity contribution in [1.29, 1.82) is 0 Å². The number of carbonyl (C=O) groups is 1. The van der Waals surface area contributed by atoms with Gasteiger partial charge in [-0.15, -0.1) is 0 Å². The van der Waals surface area contributed by atoms with Gasteiger partial charge in [0.1, 0.15) is 0 Å². The minimum atomic E-state index is -0.454. The van der Waals surface area contributed by atoms with Crippen molar-refractivity contribution in [2.24, 2.45) is 11.7 Å². The van der Waals surface area contributed by atoms with Crippen molar-refractivity contribution in [3.05, 3.63) is 53.9 Å². The molecule has 1 aromatic heterocycles. The highest BCUT2D eigenvalue weighted by Gasteiger charge is 2.06. The Balaban J connectivity index is 0.000000541. The van der Waals surface area contributed by atoms with Gasteiger partial charge in [-0.05, 0) is 29.0 Å². The third-order valence-electron chi connectivity index (χ3n) is 2.91. The summed E-state index contributed by atoms with van der Waals surface area (Å²) in [5.74, 6) is 0.849. The number of carbonyl (C=O) groups excluding carboxylic acids is 1. The van der Waals surface area contributed by atoms with Crippen molar-refractivity contribution in [2.45, 2.75) is 40.5 Å². The van der Waals surface area contributed by atoms with Gasteiger partial charge in [-0.2, -0.15) is 0 Å². The zero-order valence-electron chi connectivity index (χ0n) is 14.1. The Hall–Kier alpha value is -2.16. The zero-order valence-corrected chi connectivity index (χ0v) is 14.1. The number of benzene rings is 1. The normalized spacial score (nSPS) is 10.3. The molecule has 0 radical (unpaired) electrons. The van der Waals surface area contributed by atoms with Crippen LogP contribution in [0.4, 0.5) is 0 Å². The maximum atomic E-state index is 11.1. The molecule has 0 unspecified atom stereocenters. The summed E-state index contributed by atoms with van der Waals surface area (Å²) in [4.78, 5) is 15.2. The molecule has 3 nitrogen and oxygen atoms in total. The van der Waals surface area contributed by atoms with Gasteiger partial charge < -0.3 is 5.73 Å². The van der Waals surface area contributed by atoms with E-state index in [1.165, 1.54) is 11.8 Å². The molecule has 2 aromatic rings. The first kappa shape index (κ1) is 17.9. The number of rotatable bonds is 3. The number of aromatic nitrogens is 1. The van der Waals surface area contributed by atoms with Crippen LogP contribution in [-0.4, -0.2) is 10.9 Å². The lowest BCUT2D eigenvalue weighted by Crippen LogP contribution is -2.11. The molecule has 2 rings (SSSR count). The predicted molar refractivity (Wildman–Crippen MR) is 92.8 cm³/mol. The Bertz CT molecular complexity index is 616. The quantitative estimate of drug-likeness (QED) is 0.898. The Morgan fingerprint density at radius 1 is 1.00 bits per heavy atom. The molecular formula is C19H26N2O. The van der Waals surface area contributed by atoms with Crippen LogP contribution in [0.3, 0.4) is 0 Å². The lowest BCUT2D eigenvalue weighted by Gasteiger charge is -2.08. The van der Waals surface area contributed by atoms with Crippen LogP contribution >= 0.6 is 0 Å². The first-order chi connectivity index (χ1) is 10.3. The van der Waals surface area contributed by atoms with E-state index < -0.39 is 5.91 Å². The Morgan fingerprint density at radius 2 is 1.64 bits per heavy atom. The molecule has 0 bridgehead atoms. The van der Waals surface area contributed by atoms with Crippen LogP contribution in [-0.2, 0) is 0 Å². The number of primary amides is 1. The lowest BCUT2D eigenvalue weighted by atomic mass is 9.98. The summed E-state index contributed by atoms with van der Waals surface area (Å²) in [5, 5.41) is 0. The van der Waals surface area contributed by atoms with E-state index in [2.05, 4.69) is 51.7 Å². The van der Waals surface area contributed by atoms with E-state index in [4.69, 9.17) is 5.73 Å². The summed E-state index contributed by atoms with van der Waals surface area (Å²) in [7, 11) is 0. The van der Waals surface area contributed by atoms with E-state index in [-0.39, 0.29) is 0 Å². The van der Waals surface area contributed by atoms with Gasteiger partial charge in [0.15, 0.2) is 0 Å². The molecule has 0 saturated carbocycles. The van der Waals surface area contributed by atoms with Crippen LogP contribution in [0, 0.1) is 5.92 Å². The molecule has 1 amide bonds. The van der Waals surface area contributed by atoms with Crippen molar-refractivity contribution in [3.8, 4) is 11.1 Å². The average molecular weight is 298 g/mol.